The van der Waals surface area contributed by atoms with Crippen molar-refractivity contribution in [3.8, 4) is 5.69 Å². The zero-order valence-electron chi connectivity index (χ0n) is 13.8. The fourth-order valence-electron chi connectivity index (χ4n) is 2.37. The van der Waals surface area contributed by atoms with Crippen molar-refractivity contribution < 1.29 is 4.79 Å². The fraction of sp³-hybridized carbons (Fsp3) is 0.176. The van der Waals surface area contributed by atoms with Gasteiger partial charge in [0.2, 0.25) is 5.91 Å². The lowest BCUT2D eigenvalue weighted by molar-refractivity contribution is -0.113. The second kappa shape index (κ2) is 7.35. The summed E-state index contributed by atoms with van der Waals surface area (Å²) in [7, 11) is 0. The Bertz CT molecular complexity index is 949. The van der Waals surface area contributed by atoms with E-state index in [9.17, 15) is 9.59 Å². The number of aromatic nitrogens is 4. The molecule has 8 heteroatoms. The van der Waals surface area contributed by atoms with E-state index in [0.29, 0.717) is 10.8 Å². The first-order valence-corrected chi connectivity index (χ1v) is 8.61. The van der Waals surface area contributed by atoms with Crippen LogP contribution in [0.25, 0.3) is 5.69 Å². The number of aromatic amines is 1. The number of amides is 1. The number of pyridine rings is 1. The van der Waals surface area contributed by atoms with Crippen LogP contribution >= 0.6 is 11.8 Å². The first kappa shape index (κ1) is 17.0. The Kier molecular flexibility index (Phi) is 4.99. The van der Waals surface area contributed by atoms with Crippen molar-refractivity contribution in [2.75, 3.05) is 11.1 Å². The van der Waals surface area contributed by atoms with Crippen LogP contribution < -0.4 is 11.0 Å². The van der Waals surface area contributed by atoms with E-state index in [2.05, 4.69) is 20.5 Å². The molecule has 2 N–H and O–H groups in total. The van der Waals surface area contributed by atoms with Gasteiger partial charge >= 0.3 is 5.69 Å². The summed E-state index contributed by atoms with van der Waals surface area (Å²) in [6, 6.07) is 9.25. The van der Waals surface area contributed by atoms with Gasteiger partial charge < -0.3 is 5.32 Å². The summed E-state index contributed by atoms with van der Waals surface area (Å²) < 4.78 is 1.41. The number of anilines is 1. The third kappa shape index (κ3) is 3.97. The summed E-state index contributed by atoms with van der Waals surface area (Å²) in [4.78, 5) is 28.1. The second-order valence-electron chi connectivity index (χ2n) is 5.51. The van der Waals surface area contributed by atoms with Gasteiger partial charge in [-0.1, -0.05) is 29.5 Å². The third-order valence-electron chi connectivity index (χ3n) is 3.55. The van der Waals surface area contributed by atoms with E-state index in [0.717, 1.165) is 16.8 Å². The van der Waals surface area contributed by atoms with Gasteiger partial charge in [0, 0.05) is 18.1 Å². The number of H-pyrrole nitrogens is 1. The Morgan fingerprint density at radius 1 is 1.24 bits per heavy atom. The number of hydrogen-bond donors (Lipinski definition) is 2. The lowest BCUT2D eigenvalue weighted by Gasteiger charge is -2.09. The topological polar surface area (TPSA) is 92.7 Å². The van der Waals surface area contributed by atoms with Crippen LogP contribution in [0.5, 0.6) is 0 Å². The Morgan fingerprint density at radius 3 is 2.72 bits per heavy atom. The molecule has 25 heavy (non-hydrogen) atoms. The van der Waals surface area contributed by atoms with Gasteiger partial charge in [0.25, 0.3) is 0 Å². The van der Waals surface area contributed by atoms with Crippen LogP contribution in [0.2, 0.25) is 0 Å². The number of aryl methyl sites for hydroxylation is 2. The predicted octanol–water partition coefficient (Wildman–Crippen LogP) is 2.30. The molecule has 1 amide bonds. The Balaban J connectivity index is 1.70. The zero-order chi connectivity index (χ0) is 17.8. The molecule has 0 spiro atoms. The molecule has 0 bridgehead atoms. The van der Waals surface area contributed by atoms with Crippen molar-refractivity contribution in [2.45, 2.75) is 19.0 Å². The second-order valence-corrected chi connectivity index (χ2v) is 6.45. The standard InChI is InChI=1S/C17H17N5O2S/c1-11-3-4-14(12(2)9-11)19-15(23)10-25-17-21-20-16(24)22(17)13-5-7-18-8-6-13/h3-9H,10H2,1-2H3,(H,19,23)(H,20,24). The van der Waals surface area contributed by atoms with Crippen molar-refractivity contribution in [2.24, 2.45) is 0 Å². The molecule has 0 radical (unpaired) electrons. The quantitative estimate of drug-likeness (QED) is 0.685. The smallest absolute Gasteiger partial charge is 0.325 e. The van der Waals surface area contributed by atoms with Crippen LogP contribution in [0.1, 0.15) is 11.1 Å². The summed E-state index contributed by atoms with van der Waals surface area (Å²) in [5.41, 5.74) is 3.22. The van der Waals surface area contributed by atoms with Gasteiger partial charge in [-0.15, -0.1) is 5.10 Å². The molecule has 0 aliphatic carbocycles. The molecule has 0 saturated heterocycles. The summed E-state index contributed by atoms with van der Waals surface area (Å²) in [6.07, 6.45) is 3.19. The van der Waals surface area contributed by atoms with Gasteiger partial charge in [0.05, 0.1) is 11.4 Å². The molecular weight excluding hydrogens is 338 g/mol. The van der Waals surface area contributed by atoms with Crippen molar-refractivity contribution in [3.63, 3.8) is 0 Å². The van der Waals surface area contributed by atoms with Gasteiger partial charge in [0.1, 0.15) is 0 Å². The number of hydrogen-bond acceptors (Lipinski definition) is 5. The maximum atomic E-state index is 12.2. The molecule has 2 aromatic heterocycles. The van der Waals surface area contributed by atoms with Crippen molar-refractivity contribution in [1.82, 2.24) is 19.7 Å². The Hall–Kier alpha value is -2.87. The normalized spacial score (nSPS) is 10.6. The largest absolute Gasteiger partial charge is 0.348 e. The van der Waals surface area contributed by atoms with Crippen LogP contribution in [0.3, 0.4) is 0 Å². The number of benzene rings is 1. The highest BCUT2D eigenvalue weighted by atomic mass is 32.2. The molecule has 3 rings (SSSR count). The van der Waals surface area contributed by atoms with E-state index < -0.39 is 0 Å². The van der Waals surface area contributed by atoms with Gasteiger partial charge in [0.15, 0.2) is 5.16 Å². The van der Waals surface area contributed by atoms with E-state index in [1.165, 1.54) is 16.3 Å². The van der Waals surface area contributed by atoms with Gasteiger partial charge in [-0.2, -0.15) is 0 Å². The number of nitrogens with zero attached hydrogens (tertiary/aromatic N) is 3. The van der Waals surface area contributed by atoms with Gasteiger partial charge in [-0.25, -0.2) is 14.5 Å². The van der Waals surface area contributed by atoms with Crippen LogP contribution in [0.15, 0.2) is 52.7 Å². The number of carbonyl (C=O) groups is 1. The number of rotatable bonds is 5. The van der Waals surface area contributed by atoms with Crippen molar-refractivity contribution in [3.05, 3.63) is 64.3 Å². The molecule has 1 aromatic carbocycles. The molecule has 0 aliphatic heterocycles. The average Bonchev–Trinajstić information content (AvgIpc) is 2.97. The van der Waals surface area contributed by atoms with Crippen molar-refractivity contribution in [1.29, 1.82) is 0 Å². The molecular formula is C17H17N5O2S. The molecule has 2 heterocycles. The zero-order valence-corrected chi connectivity index (χ0v) is 14.6. The highest BCUT2D eigenvalue weighted by Crippen LogP contribution is 2.19. The predicted molar refractivity (Wildman–Crippen MR) is 97.2 cm³/mol. The van der Waals surface area contributed by atoms with E-state index in [1.807, 2.05) is 32.0 Å². The molecule has 0 unspecified atom stereocenters. The fourth-order valence-corrected chi connectivity index (χ4v) is 3.13. The maximum absolute atomic E-state index is 12.2. The van der Waals surface area contributed by atoms with Crippen LogP contribution in [-0.4, -0.2) is 31.4 Å². The lowest BCUT2D eigenvalue weighted by atomic mass is 10.1. The summed E-state index contributed by atoms with van der Waals surface area (Å²) in [6.45, 7) is 3.95. The summed E-state index contributed by atoms with van der Waals surface area (Å²) in [5.74, 6) is -0.0171. The molecule has 0 fully saturated rings. The minimum Gasteiger partial charge on any atom is -0.325 e. The summed E-state index contributed by atoms with van der Waals surface area (Å²) in [5, 5.41) is 9.70. The van der Waals surface area contributed by atoms with E-state index in [-0.39, 0.29) is 17.3 Å². The average molecular weight is 355 g/mol. The molecule has 0 atom stereocenters. The van der Waals surface area contributed by atoms with E-state index >= 15 is 0 Å². The van der Waals surface area contributed by atoms with E-state index in [1.54, 1.807) is 24.5 Å². The highest BCUT2D eigenvalue weighted by Gasteiger charge is 2.13. The minimum atomic E-state index is -0.358. The molecule has 7 nitrogen and oxygen atoms in total. The molecule has 128 valence electrons. The molecule has 0 saturated carbocycles. The highest BCUT2D eigenvalue weighted by molar-refractivity contribution is 7.99. The lowest BCUT2D eigenvalue weighted by Crippen LogP contribution is -2.17. The minimum absolute atomic E-state index is 0.142. The van der Waals surface area contributed by atoms with Crippen molar-refractivity contribution >= 4 is 23.4 Å². The SMILES string of the molecule is Cc1ccc(NC(=O)CSc2n[nH]c(=O)n2-c2ccncc2)c(C)c1. The third-order valence-corrected chi connectivity index (χ3v) is 4.49. The van der Waals surface area contributed by atoms with Gasteiger partial charge in [-0.3, -0.25) is 9.78 Å². The Morgan fingerprint density at radius 2 is 2.00 bits per heavy atom. The summed E-state index contributed by atoms with van der Waals surface area (Å²) >= 11 is 1.19. The Labute approximate surface area is 148 Å². The number of carbonyl (C=O) groups excluding carboxylic acids is 1. The molecule has 0 aliphatic rings. The van der Waals surface area contributed by atoms with E-state index in [4.69, 9.17) is 0 Å². The maximum Gasteiger partial charge on any atom is 0.348 e. The molecule has 3 aromatic rings. The first-order valence-electron chi connectivity index (χ1n) is 7.62. The first-order chi connectivity index (χ1) is 12.0. The monoisotopic (exact) mass is 355 g/mol. The van der Waals surface area contributed by atoms with Crippen LogP contribution in [0, 0.1) is 13.8 Å². The van der Waals surface area contributed by atoms with Crippen LogP contribution in [-0.2, 0) is 4.79 Å². The van der Waals surface area contributed by atoms with Gasteiger partial charge in [-0.05, 0) is 37.6 Å². The number of nitrogens with one attached hydrogen (secondary N) is 2. The number of thioether (sulfide) groups is 1. The van der Waals surface area contributed by atoms with Crippen LogP contribution in [0.4, 0.5) is 5.69 Å².